The lowest BCUT2D eigenvalue weighted by Crippen LogP contribution is -2.40. The van der Waals surface area contributed by atoms with E-state index in [0.717, 1.165) is 11.3 Å². The first-order chi connectivity index (χ1) is 7.22. The molecule has 82 valence electrons. The minimum Gasteiger partial charge on any atom is -0.394 e. The summed E-state index contributed by atoms with van der Waals surface area (Å²) < 4.78 is 0. The molecule has 4 N–H and O–H groups in total. The third-order valence-electron chi connectivity index (χ3n) is 2.79. The molecule has 15 heavy (non-hydrogen) atoms. The molecule has 0 radical (unpaired) electrons. The van der Waals surface area contributed by atoms with Crippen molar-refractivity contribution in [2.24, 2.45) is 0 Å². The van der Waals surface area contributed by atoms with Gasteiger partial charge in [0.1, 0.15) is 0 Å². The number of fused-ring (bicyclic) bond motifs is 1. The van der Waals surface area contributed by atoms with Gasteiger partial charge in [0.15, 0.2) is 0 Å². The van der Waals surface area contributed by atoms with Crippen LogP contribution in [0.4, 0.5) is 5.69 Å². The summed E-state index contributed by atoms with van der Waals surface area (Å²) in [5, 5.41) is 31.3. The maximum absolute atomic E-state index is 9.84. The van der Waals surface area contributed by atoms with Gasteiger partial charge in [-0.1, -0.05) is 18.2 Å². The fourth-order valence-corrected chi connectivity index (χ4v) is 1.93. The van der Waals surface area contributed by atoms with Crippen LogP contribution in [0.2, 0.25) is 0 Å². The number of para-hydroxylation sites is 1. The van der Waals surface area contributed by atoms with Crippen LogP contribution in [0.25, 0.3) is 0 Å². The van der Waals surface area contributed by atoms with Crippen LogP contribution in [-0.4, -0.2) is 34.1 Å². The van der Waals surface area contributed by atoms with Gasteiger partial charge < -0.3 is 20.6 Å². The second-order valence-electron chi connectivity index (χ2n) is 3.84. The summed E-state index contributed by atoms with van der Waals surface area (Å²) in [5.41, 5.74) is 1.67. The number of nitrogens with one attached hydrogen (secondary N) is 1. The van der Waals surface area contributed by atoms with Crippen LogP contribution in [0.3, 0.4) is 0 Å². The Morgan fingerprint density at radius 1 is 1.40 bits per heavy atom. The Hall–Kier alpha value is -1.10. The molecule has 0 aromatic heterocycles. The van der Waals surface area contributed by atoms with Gasteiger partial charge in [0.25, 0.3) is 0 Å². The summed E-state index contributed by atoms with van der Waals surface area (Å²) in [5.74, 6) is 0. The highest BCUT2D eigenvalue weighted by atomic mass is 16.3. The van der Waals surface area contributed by atoms with Gasteiger partial charge in [-0.05, 0) is 6.07 Å². The van der Waals surface area contributed by atoms with E-state index in [0.29, 0.717) is 6.42 Å². The highest BCUT2D eigenvalue weighted by Gasteiger charge is 2.28. The first-order valence-electron chi connectivity index (χ1n) is 5.05. The van der Waals surface area contributed by atoms with Crippen molar-refractivity contribution in [3.8, 4) is 0 Å². The molecule has 4 heteroatoms. The Balaban J connectivity index is 2.22. The molecule has 2 unspecified atom stereocenters. The molecule has 0 saturated carbocycles. The van der Waals surface area contributed by atoms with Crippen molar-refractivity contribution < 1.29 is 15.3 Å². The van der Waals surface area contributed by atoms with Crippen LogP contribution < -0.4 is 5.32 Å². The van der Waals surface area contributed by atoms with E-state index in [-0.39, 0.29) is 12.6 Å². The highest BCUT2D eigenvalue weighted by Crippen LogP contribution is 2.32. The average molecular weight is 209 g/mol. The van der Waals surface area contributed by atoms with Gasteiger partial charge in [-0.25, -0.2) is 0 Å². The van der Waals surface area contributed by atoms with Crippen LogP contribution in [0.1, 0.15) is 18.1 Å². The van der Waals surface area contributed by atoms with Crippen molar-refractivity contribution in [3.05, 3.63) is 29.8 Å². The molecule has 4 nitrogen and oxygen atoms in total. The van der Waals surface area contributed by atoms with Gasteiger partial charge in [0.2, 0.25) is 0 Å². The van der Waals surface area contributed by atoms with Crippen molar-refractivity contribution in [1.29, 1.82) is 0 Å². The van der Waals surface area contributed by atoms with E-state index < -0.39 is 12.2 Å². The van der Waals surface area contributed by atoms with E-state index in [1.54, 1.807) is 0 Å². The summed E-state index contributed by atoms with van der Waals surface area (Å²) in [6, 6.07) is 7.15. The average Bonchev–Trinajstić information content (AvgIpc) is 2.28. The molecule has 1 aromatic carbocycles. The quantitative estimate of drug-likeness (QED) is 0.563. The fourth-order valence-electron chi connectivity index (χ4n) is 1.93. The summed E-state index contributed by atoms with van der Waals surface area (Å²) in [4.78, 5) is 0. The summed E-state index contributed by atoms with van der Waals surface area (Å²) >= 11 is 0. The van der Waals surface area contributed by atoms with Crippen LogP contribution in [0, 0.1) is 0 Å². The van der Waals surface area contributed by atoms with E-state index in [4.69, 9.17) is 5.11 Å². The van der Waals surface area contributed by atoms with Crippen molar-refractivity contribution in [2.45, 2.75) is 24.7 Å². The van der Waals surface area contributed by atoms with E-state index >= 15 is 0 Å². The van der Waals surface area contributed by atoms with E-state index in [2.05, 4.69) is 5.32 Å². The molecule has 0 saturated heterocycles. The van der Waals surface area contributed by atoms with E-state index in [1.807, 2.05) is 24.3 Å². The first-order valence-corrected chi connectivity index (χ1v) is 5.05. The van der Waals surface area contributed by atoms with Crippen LogP contribution in [0.5, 0.6) is 0 Å². The first kappa shape index (κ1) is 10.4. The molecule has 1 aromatic rings. The highest BCUT2D eigenvalue weighted by molar-refractivity contribution is 5.55. The standard InChI is InChI=1S/C11H15NO3/c13-6-11(15)9-5-10(14)7-3-1-2-4-8(7)12-9/h1-4,9-15H,5-6H2/t9?,10?,11-/m0/s1. The van der Waals surface area contributed by atoms with Gasteiger partial charge in [0.05, 0.1) is 24.9 Å². The van der Waals surface area contributed by atoms with Crippen LogP contribution in [0.15, 0.2) is 24.3 Å². The predicted octanol–water partition coefficient (Wildman–Crippen LogP) is 0.257. The van der Waals surface area contributed by atoms with E-state index in [1.165, 1.54) is 0 Å². The molecule has 2 rings (SSSR count). The minimum absolute atomic E-state index is 0.292. The van der Waals surface area contributed by atoms with Crippen molar-refractivity contribution in [3.63, 3.8) is 0 Å². The molecule has 0 spiro atoms. The van der Waals surface area contributed by atoms with Crippen LogP contribution in [-0.2, 0) is 0 Å². The number of hydrogen-bond donors (Lipinski definition) is 4. The number of anilines is 1. The van der Waals surface area contributed by atoms with Gasteiger partial charge in [-0.3, -0.25) is 0 Å². The number of rotatable bonds is 2. The summed E-state index contributed by atoms with van der Waals surface area (Å²) in [7, 11) is 0. The van der Waals surface area contributed by atoms with Gasteiger partial charge in [-0.2, -0.15) is 0 Å². The molecule has 0 amide bonds. The largest absolute Gasteiger partial charge is 0.394 e. The Labute approximate surface area is 88.2 Å². The molecule has 1 aliphatic rings. The normalized spacial score (nSPS) is 26.6. The van der Waals surface area contributed by atoms with Crippen molar-refractivity contribution in [1.82, 2.24) is 0 Å². The predicted molar refractivity (Wildman–Crippen MR) is 56.5 cm³/mol. The van der Waals surface area contributed by atoms with Crippen LogP contribution >= 0.6 is 0 Å². The zero-order valence-corrected chi connectivity index (χ0v) is 8.30. The molecule has 0 fully saturated rings. The summed E-state index contributed by atoms with van der Waals surface area (Å²) in [6.45, 7) is -0.299. The SMILES string of the molecule is OC[C@H](O)C1CC(O)c2ccccc2N1. The Morgan fingerprint density at radius 2 is 2.13 bits per heavy atom. The maximum Gasteiger partial charge on any atom is 0.0972 e. The van der Waals surface area contributed by atoms with E-state index in [9.17, 15) is 10.2 Å². The molecular formula is C11H15NO3. The number of aliphatic hydroxyl groups is 3. The smallest absolute Gasteiger partial charge is 0.0972 e. The zero-order valence-electron chi connectivity index (χ0n) is 8.30. The number of hydrogen-bond acceptors (Lipinski definition) is 4. The maximum atomic E-state index is 9.84. The molecule has 0 aliphatic carbocycles. The number of benzene rings is 1. The van der Waals surface area contributed by atoms with Crippen molar-refractivity contribution >= 4 is 5.69 Å². The van der Waals surface area contributed by atoms with Gasteiger partial charge >= 0.3 is 0 Å². The third kappa shape index (κ3) is 1.97. The fraction of sp³-hybridized carbons (Fsp3) is 0.455. The van der Waals surface area contributed by atoms with Gasteiger partial charge in [0, 0.05) is 17.7 Å². The molecule has 3 atom stereocenters. The molecular weight excluding hydrogens is 194 g/mol. The monoisotopic (exact) mass is 209 g/mol. The lowest BCUT2D eigenvalue weighted by atomic mass is 9.93. The summed E-state index contributed by atoms with van der Waals surface area (Å²) in [6.07, 6.45) is -1.000. The zero-order chi connectivity index (χ0) is 10.8. The second-order valence-corrected chi connectivity index (χ2v) is 3.84. The Kier molecular flexibility index (Phi) is 2.90. The second kappa shape index (κ2) is 4.18. The lowest BCUT2D eigenvalue weighted by Gasteiger charge is -2.32. The topological polar surface area (TPSA) is 72.7 Å². The molecule has 1 heterocycles. The van der Waals surface area contributed by atoms with Crippen molar-refractivity contribution in [2.75, 3.05) is 11.9 Å². The third-order valence-corrected chi connectivity index (χ3v) is 2.79. The van der Waals surface area contributed by atoms with Gasteiger partial charge in [-0.15, -0.1) is 0 Å². The molecule has 0 bridgehead atoms. The Morgan fingerprint density at radius 3 is 2.87 bits per heavy atom. The Bertz CT molecular complexity index is 342. The lowest BCUT2D eigenvalue weighted by molar-refractivity contribution is 0.0549. The molecule has 1 aliphatic heterocycles. The number of aliphatic hydroxyl groups excluding tert-OH is 3. The minimum atomic E-state index is -0.840.